The summed E-state index contributed by atoms with van der Waals surface area (Å²) in [4.78, 5) is 18.7. The Balaban J connectivity index is 0.00000169. The van der Waals surface area contributed by atoms with Crippen LogP contribution < -0.4 is 5.32 Å². The SMILES string of the molecule is CNCCC1CCN(C(=O)c2cn(Cc3ccccn3)nn2)CC1.Cl.Cl. The molecule has 1 fully saturated rings. The summed E-state index contributed by atoms with van der Waals surface area (Å²) in [6.45, 7) is 3.17. The number of carbonyl (C=O) groups excluding carboxylic acids is 1. The monoisotopic (exact) mass is 400 g/mol. The highest BCUT2D eigenvalue weighted by atomic mass is 35.5. The summed E-state index contributed by atoms with van der Waals surface area (Å²) in [7, 11) is 1.98. The quantitative estimate of drug-likeness (QED) is 0.802. The number of piperidine rings is 1. The molecule has 0 aliphatic carbocycles. The van der Waals surface area contributed by atoms with Crippen LogP contribution in [0.15, 0.2) is 30.6 Å². The van der Waals surface area contributed by atoms with Gasteiger partial charge in [0, 0.05) is 19.3 Å². The fourth-order valence-electron chi connectivity index (χ4n) is 3.07. The third-order valence-electron chi connectivity index (χ3n) is 4.51. The van der Waals surface area contributed by atoms with E-state index in [0.29, 0.717) is 18.2 Å². The van der Waals surface area contributed by atoms with Crippen molar-refractivity contribution in [3.05, 3.63) is 42.0 Å². The minimum absolute atomic E-state index is 0. The van der Waals surface area contributed by atoms with Crippen molar-refractivity contribution in [1.29, 1.82) is 0 Å². The minimum Gasteiger partial charge on any atom is -0.337 e. The number of halogens is 2. The van der Waals surface area contributed by atoms with Crippen molar-refractivity contribution < 1.29 is 4.79 Å². The summed E-state index contributed by atoms with van der Waals surface area (Å²) in [5.41, 5.74) is 1.31. The zero-order valence-electron chi connectivity index (χ0n) is 14.9. The van der Waals surface area contributed by atoms with Gasteiger partial charge < -0.3 is 10.2 Å². The molecule has 1 amide bonds. The van der Waals surface area contributed by atoms with Crippen LogP contribution in [-0.4, -0.2) is 57.5 Å². The molecule has 0 saturated carbocycles. The van der Waals surface area contributed by atoms with Gasteiger partial charge in [-0.2, -0.15) is 0 Å². The van der Waals surface area contributed by atoms with E-state index in [2.05, 4.69) is 20.6 Å². The molecule has 9 heteroatoms. The zero-order valence-corrected chi connectivity index (χ0v) is 16.5. The maximum Gasteiger partial charge on any atom is 0.276 e. The van der Waals surface area contributed by atoms with Crippen LogP contribution >= 0.6 is 24.8 Å². The van der Waals surface area contributed by atoms with Gasteiger partial charge in [0.1, 0.15) is 0 Å². The van der Waals surface area contributed by atoms with E-state index < -0.39 is 0 Å². The third kappa shape index (κ3) is 5.93. The van der Waals surface area contributed by atoms with E-state index in [1.165, 1.54) is 6.42 Å². The van der Waals surface area contributed by atoms with Crippen LogP contribution in [-0.2, 0) is 6.54 Å². The molecular weight excluding hydrogens is 375 g/mol. The van der Waals surface area contributed by atoms with E-state index in [0.717, 1.165) is 38.2 Å². The van der Waals surface area contributed by atoms with Crippen molar-refractivity contribution in [2.45, 2.75) is 25.8 Å². The molecule has 0 unspecified atom stereocenters. The average molecular weight is 401 g/mol. The molecule has 7 nitrogen and oxygen atoms in total. The normalized spacial score (nSPS) is 14.4. The van der Waals surface area contributed by atoms with E-state index in [1.807, 2.05) is 30.1 Å². The van der Waals surface area contributed by atoms with E-state index in [-0.39, 0.29) is 30.7 Å². The lowest BCUT2D eigenvalue weighted by Crippen LogP contribution is -2.39. The van der Waals surface area contributed by atoms with Crippen LogP contribution in [0, 0.1) is 5.92 Å². The first kappa shape index (κ1) is 22.3. The Bertz CT molecular complexity index is 658. The predicted molar refractivity (Wildman–Crippen MR) is 105 cm³/mol. The van der Waals surface area contributed by atoms with Crippen LogP contribution in [0.1, 0.15) is 35.4 Å². The molecule has 144 valence electrons. The molecule has 2 aromatic heterocycles. The lowest BCUT2D eigenvalue weighted by molar-refractivity contribution is 0.0681. The summed E-state index contributed by atoms with van der Waals surface area (Å²) < 4.78 is 1.66. The number of rotatable bonds is 6. The first-order chi connectivity index (χ1) is 11.8. The molecule has 0 bridgehead atoms. The summed E-state index contributed by atoms with van der Waals surface area (Å²) in [6.07, 6.45) is 6.77. The first-order valence-electron chi connectivity index (χ1n) is 8.50. The number of aromatic nitrogens is 4. The minimum atomic E-state index is -0.0191. The van der Waals surface area contributed by atoms with Crippen LogP contribution in [0.5, 0.6) is 0 Å². The van der Waals surface area contributed by atoms with Gasteiger partial charge in [0.2, 0.25) is 0 Å². The van der Waals surface area contributed by atoms with Gasteiger partial charge in [0.05, 0.1) is 18.4 Å². The van der Waals surface area contributed by atoms with E-state index in [4.69, 9.17) is 0 Å². The number of amides is 1. The standard InChI is InChI=1S/C17H24N6O.2ClH/c1-18-9-5-14-6-10-22(11-7-14)17(24)16-13-23(21-20-16)12-15-4-2-3-8-19-15;;/h2-4,8,13-14,18H,5-7,9-12H2,1H3;2*1H. The fraction of sp³-hybridized carbons (Fsp3) is 0.529. The van der Waals surface area contributed by atoms with Crippen LogP contribution in [0.4, 0.5) is 0 Å². The zero-order chi connectivity index (χ0) is 16.8. The Hall–Kier alpha value is -1.70. The topological polar surface area (TPSA) is 75.9 Å². The lowest BCUT2D eigenvalue weighted by atomic mass is 9.93. The number of nitrogens with one attached hydrogen (secondary N) is 1. The highest BCUT2D eigenvalue weighted by Crippen LogP contribution is 2.21. The van der Waals surface area contributed by atoms with Gasteiger partial charge in [-0.25, -0.2) is 4.68 Å². The number of hydrogen-bond donors (Lipinski definition) is 1. The third-order valence-corrected chi connectivity index (χ3v) is 4.51. The predicted octanol–water partition coefficient (Wildman–Crippen LogP) is 2.03. The molecule has 3 heterocycles. The molecule has 1 aliphatic heterocycles. The van der Waals surface area contributed by atoms with Gasteiger partial charge in [0.25, 0.3) is 5.91 Å². The van der Waals surface area contributed by atoms with Gasteiger partial charge >= 0.3 is 0 Å². The first-order valence-corrected chi connectivity index (χ1v) is 8.50. The Labute approximate surface area is 166 Å². The second kappa shape index (κ2) is 11.1. The molecule has 0 aromatic carbocycles. The van der Waals surface area contributed by atoms with Gasteiger partial charge in [-0.15, -0.1) is 29.9 Å². The van der Waals surface area contributed by atoms with E-state index in [1.54, 1.807) is 17.1 Å². The Morgan fingerprint density at radius 3 is 2.69 bits per heavy atom. The maximum absolute atomic E-state index is 12.6. The molecule has 0 atom stereocenters. The number of nitrogens with zero attached hydrogens (tertiary/aromatic N) is 5. The van der Waals surface area contributed by atoms with Crippen molar-refractivity contribution in [2.24, 2.45) is 5.92 Å². The molecule has 26 heavy (non-hydrogen) atoms. The fourth-order valence-corrected chi connectivity index (χ4v) is 3.07. The van der Waals surface area contributed by atoms with Gasteiger partial charge in [-0.05, 0) is 50.9 Å². The molecule has 1 aliphatic rings. The smallest absolute Gasteiger partial charge is 0.276 e. The molecular formula is C17H26Cl2N6O. The molecule has 3 rings (SSSR count). The largest absolute Gasteiger partial charge is 0.337 e. The molecule has 0 spiro atoms. The molecule has 1 saturated heterocycles. The second-order valence-corrected chi connectivity index (χ2v) is 6.25. The number of carbonyl (C=O) groups is 1. The Morgan fingerprint density at radius 1 is 1.27 bits per heavy atom. The van der Waals surface area contributed by atoms with E-state index >= 15 is 0 Å². The van der Waals surface area contributed by atoms with Gasteiger partial charge in [-0.3, -0.25) is 9.78 Å². The maximum atomic E-state index is 12.6. The molecule has 1 N–H and O–H groups in total. The molecule has 0 radical (unpaired) electrons. The number of likely N-dealkylation sites (tertiary alicyclic amines) is 1. The van der Waals surface area contributed by atoms with Gasteiger partial charge in [0.15, 0.2) is 5.69 Å². The number of hydrogen-bond acceptors (Lipinski definition) is 5. The second-order valence-electron chi connectivity index (χ2n) is 6.25. The summed E-state index contributed by atoms with van der Waals surface area (Å²) in [5.74, 6) is 0.690. The van der Waals surface area contributed by atoms with Crippen molar-refractivity contribution in [3.8, 4) is 0 Å². The highest BCUT2D eigenvalue weighted by molar-refractivity contribution is 5.92. The highest BCUT2D eigenvalue weighted by Gasteiger charge is 2.25. The summed E-state index contributed by atoms with van der Waals surface area (Å²) in [6, 6.07) is 5.74. The van der Waals surface area contributed by atoms with E-state index in [9.17, 15) is 4.79 Å². The van der Waals surface area contributed by atoms with Crippen LogP contribution in [0.25, 0.3) is 0 Å². The van der Waals surface area contributed by atoms with Crippen molar-refractivity contribution >= 4 is 30.7 Å². The average Bonchev–Trinajstić information content (AvgIpc) is 3.09. The Morgan fingerprint density at radius 2 is 2.04 bits per heavy atom. The van der Waals surface area contributed by atoms with Crippen molar-refractivity contribution in [3.63, 3.8) is 0 Å². The molecule has 2 aromatic rings. The van der Waals surface area contributed by atoms with Gasteiger partial charge in [-0.1, -0.05) is 11.3 Å². The lowest BCUT2D eigenvalue weighted by Gasteiger charge is -2.31. The number of pyridine rings is 1. The van der Waals surface area contributed by atoms with Crippen molar-refractivity contribution in [2.75, 3.05) is 26.7 Å². The summed E-state index contributed by atoms with van der Waals surface area (Å²) >= 11 is 0. The Kier molecular flexibility index (Phi) is 9.54. The van der Waals surface area contributed by atoms with Crippen LogP contribution in [0.2, 0.25) is 0 Å². The van der Waals surface area contributed by atoms with Crippen LogP contribution in [0.3, 0.4) is 0 Å². The van der Waals surface area contributed by atoms with Crippen molar-refractivity contribution in [1.82, 2.24) is 30.2 Å². The summed E-state index contributed by atoms with van der Waals surface area (Å²) in [5, 5.41) is 11.3.